The molecule has 0 spiro atoms. The van der Waals surface area contributed by atoms with Gasteiger partial charge in [0.1, 0.15) is 5.82 Å². The second-order valence-corrected chi connectivity index (χ2v) is 5.98. The van der Waals surface area contributed by atoms with E-state index in [9.17, 15) is 0 Å². The van der Waals surface area contributed by atoms with Crippen LogP contribution in [0.1, 0.15) is 39.5 Å². The van der Waals surface area contributed by atoms with Gasteiger partial charge in [0, 0.05) is 25.8 Å². The third kappa shape index (κ3) is 3.81. The van der Waals surface area contributed by atoms with E-state index in [-0.39, 0.29) is 0 Å². The molecule has 5 heteroatoms. The Kier molecular flexibility index (Phi) is 5.43. The first kappa shape index (κ1) is 14.6. The molecule has 0 unspecified atom stereocenters. The van der Waals surface area contributed by atoms with Crippen LogP contribution in [0.5, 0.6) is 0 Å². The van der Waals surface area contributed by atoms with E-state index < -0.39 is 0 Å². The maximum Gasteiger partial charge on any atom is 0.224 e. The van der Waals surface area contributed by atoms with Crippen molar-refractivity contribution in [3.05, 3.63) is 10.7 Å². The van der Waals surface area contributed by atoms with Crippen molar-refractivity contribution >= 4 is 27.7 Å². The van der Waals surface area contributed by atoms with Gasteiger partial charge in [0.05, 0.1) is 4.47 Å². The molecule has 1 saturated carbocycles. The highest BCUT2D eigenvalue weighted by molar-refractivity contribution is 9.10. The van der Waals surface area contributed by atoms with Gasteiger partial charge in [-0.15, -0.1) is 0 Å². The smallest absolute Gasteiger partial charge is 0.224 e. The lowest BCUT2D eigenvalue weighted by Gasteiger charge is -2.32. The lowest BCUT2D eigenvalue weighted by Crippen LogP contribution is -2.33. The molecule has 1 aromatic heterocycles. The summed E-state index contributed by atoms with van der Waals surface area (Å²) in [5, 5.41) is 3.25. The second kappa shape index (κ2) is 7.08. The molecular formula is C14H23BrN4. The number of hydrogen-bond donors (Lipinski definition) is 1. The Hall–Kier alpha value is -0.840. The van der Waals surface area contributed by atoms with Gasteiger partial charge in [0.25, 0.3) is 0 Å². The highest BCUT2D eigenvalue weighted by Gasteiger charge is 2.22. The van der Waals surface area contributed by atoms with Crippen molar-refractivity contribution in [3.63, 3.8) is 0 Å². The maximum absolute atomic E-state index is 4.65. The Morgan fingerprint density at radius 1 is 1.42 bits per heavy atom. The average molecular weight is 327 g/mol. The molecule has 1 aliphatic carbocycles. The van der Waals surface area contributed by atoms with Crippen LogP contribution in [0.15, 0.2) is 10.7 Å². The molecule has 1 heterocycles. The van der Waals surface area contributed by atoms with Gasteiger partial charge in [-0.2, -0.15) is 4.98 Å². The largest absolute Gasteiger partial charge is 0.356 e. The highest BCUT2D eigenvalue weighted by Crippen LogP contribution is 2.31. The van der Waals surface area contributed by atoms with Crippen molar-refractivity contribution in [2.75, 3.05) is 29.9 Å². The molecule has 1 aliphatic rings. The second-order valence-electron chi connectivity index (χ2n) is 5.13. The first-order chi connectivity index (χ1) is 9.24. The Morgan fingerprint density at radius 2 is 2.21 bits per heavy atom. The van der Waals surface area contributed by atoms with E-state index in [1.54, 1.807) is 0 Å². The molecule has 0 aliphatic heterocycles. The van der Waals surface area contributed by atoms with Crippen LogP contribution in [0.4, 0.5) is 11.8 Å². The topological polar surface area (TPSA) is 41.1 Å². The van der Waals surface area contributed by atoms with E-state index in [1.807, 2.05) is 6.20 Å². The SMILES string of the molecule is CCCNc1ncc(Br)c(N(CC)CC2CCC2)n1. The maximum atomic E-state index is 4.65. The van der Waals surface area contributed by atoms with Crippen molar-refractivity contribution in [1.29, 1.82) is 0 Å². The Morgan fingerprint density at radius 3 is 2.79 bits per heavy atom. The normalized spacial score (nSPS) is 15.1. The van der Waals surface area contributed by atoms with Gasteiger partial charge in [-0.05, 0) is 48.0 Å². The van der Waals surface area contributed by atoms with Gasteiger partial charge < -0.3 is 10.2 Å². The third-order valence-electron chi connectivity index (χ3n) is 3.64. The van der Waals surface area contributed by atoms with Crippen molar-refractivity contribution in [3.8, 4) is 0 Å². The zero-order chi connectivity index (χ0) is 13.7. The number of halogens is 1. The van der Waals surface area contributed by atoms with Gasteiger partial charge in [-0.3, -0.25) is 0 Å². The molecule has 19 heavy (non-hydrogen) atoms. The monoisotopic (exact) mass is 326 g/mol. The van der Waals surface area contributed by atoms with E-state index in [4.69, 9.17) is 0 Å². The van der Waals surface area contributed by atoms with Crippen molar-refractivity contribution in [2.45, 2.75) is 39.5 Å². The summed E-state index contributed by atoms with van der Waals surface area (Å²) < 4.78 is 0.982. The lowest BCUT2D eigenvalue weighted by atomic mass is 9.85. The Balaban J connectivity index is 2.09. The van der Waals surface area contributed by atoms with E-state index >= 15 is 0 Å². The van der Waals surface area contributed by atoms with Crippen LogP contribution in [-0.2, 0) is 0 Å². The van der Waals surface area contributed by atoms with E-state index in [2.05, 4.69) is 50.0 Å². The summed E-state index contributed by atoms with van der Waals surface area (Å²) >= 11 is 3.58. The van der Waals surface area contributed by atoms with Crippen molar-refractivity contribution in [1.82, 2.24) is 9.97 Å². The number of anilines is 2. The standard InChI is InChI=1S/C14H23BrN4/c1-3-8-16-14-17-9-12(15)13(18-14)19(4-2)10-11-6-5-7-11/h9,11H,3-8,10H2,1-2H3,(H,16,17,18). The molecule has 1 fully saturated rings. The number of rotatable bonds is 7. The zero-order valence-electron chi connectivity index (χ0n) is 11.8. The molecule has 0 radical (unpaired) electrons. The van der Waals surface area contributed by atoms with Crippen LogP contribution < -0.4 is 10.2 Å². The number of nitrogens with zero attached hydrogens (tertiary/aromatic N) is 3. The van der Waals surface area contributed by atoms with Crippen LogP contribution in [0.2, 0.25) is 0 Å². The van der Waals surface area contributed by atoms with Crippen LogP contribution in [0.25, 0.3) is 0 Å². The third-order valence-corrected chi connectivity index (χ3v) is 4.20. The average Bonchev–Trinajstić information content (AvgIpc) is 2.37. The molecule has 1 N–H and O–H groups in total. The molecule has 1 aromatic rings. The molecule has 4 nitrogen and oxygen atoms in total. The predicted molar refractivity (Wildman–Crippen MR) is 83.7 cm³/mol. The van der Waals surface area contributed by atoms with Gasteiger partial charge in [0.2, 0.25) is 5.95 Å². The first-order valence-corrected chi connectivity index (χ1v) is 8.05. The molecule has 0 aromatic carbocycles. The van der Waals surface area contributed by atoms with Crippen molar-refractivity contribution < 1.29 is 0 Å². The quantitative estimate of drug-likeness (QED) is 0.829. The minimum Gasteiger partial charge on any atom is -0.356 e. The summed E-state index contributed by atoms with van der Waals surface area (Å²) in [6.45, 7) is 7.34. The highest BCUT2D eigenvalue weighted by atomic mass is 79.9. The van der Waals surface area contributed by atoms with E-state index in [1.165, 1.54) is 19.3 Å². The fourth-order valence-corrected chi connectivity index (χ4v) is 2.70. The van der Waals surface area contributed by atoms with Gasteiger partial charge in [-0.1, -0.05) is 13.3 Å². The first-order valence-electron chi connectivity index (χ1n) is 7.26. The van der Waals surface area contributed by atoms with Crippen LogP contribution in [0, 0.1) is 5.92 Å². The summed E-state index contributed by atoms with van der Waals surface area (Å²) in [5.74, 6) is 2.59. The van der Waals surface area contributed by atoms with Crippen LogP contribution >= 0.6 is 15.9 Å². The Bertz CT molecular complexity index is 406. The van der Waals surface area contributed by atoms with Crippen LogP contribution in [-0.4, -0.2) is 29.6 Å². The van der Waals surface area contributed by atoms with Crippen LogP contribution in [0.3, 0.4) is 0 Å². The summed E-state index contributed by atoms with van der Waals surface area (Å²) in [4.78, 5) is 11.3. The summed E-state index contributed by atoms with van der Waals surface area (Å²) in [6, 6.07) is 0. The van der Waals surface area contributed by atoms with Gasteiger partial charge in [0.15, 0.2) is 0 Å². The molecular weight excluding hydrogens is 304 g/mol. The van der Waals surface area contributed by atoms with Gasteiger partial charge in [-0.25, -0.2) is 4.98 Å². The summed E-state index contributed by atoms with van der Waals surface area (Å²) in [6.07, 6.45) is 7.04. The number of aromatic nitrogens is 2. The fourth-order valence-electron chi connectivity index (χ4n) is 2.25. The predicted octanol–water partition coefficient (Wildman–Crippen LogP) is 3.69. The summed E-state index contributed by atoms with van der Waals surface area (Å²) in [7, 11) is 0. The van der Waals surface area contributed by atoms with E-state index in [0.29, 0.717) is 0 Å². The number of hydrogen-bond acceptors (Lipinski definition) is 4. The van der Waals surface area contributed by atoms with E-state index in [0.717, 1.165) is 48.2 Å². The minimum atomic E-state index is 0.729. The molecule has 0 amide bonds. The Labute approximate surface area is 124 Å². The molecule has 0 saturated heterocycles. The number of nitrogens with one attached hydrogen (secondary N) is 1. The minimum absolute atomic E-state index is 0.729. The fraction of sp³-hybridized carbons (Fsp3) is 0.714. The summed E-state index contributed by atoms with van der Waals surface area (Å²) in [5.41, 5.74) is 0. The molecule has 0 atom stereocenters. The van der Waals surface area contributed by atoms with Gasteiger partial charge >= 0.3 is 0 Å². The zero-order valence-corrected chi connectivity index (χ0v) is 13.4. The lowest BCUT2D eigenvalue weighted by molar-refractivity contribution is 0.318. The molecule has 2 rings (SSSR count). The molecule has 0 bridgehead atoms. The van der Waals surface area contributed by atoms with Crippen molar-refractivity contribution in [2.24, 2.45) is 5.92 Å². The molecule has 106 valence electrons.